The van der Waals surface area contributed by atoms with E-state index in [1.807, 2.05) is 24.3 Å². The van der Waals surface area contributed by atoms with Gasteiger partial charge in [-0.15, -0.1) is 0 Å². The fourth-order valence-corrected chi connectivity index (χ4v) is 3.09. The standard InChI is InChI=1S/C18H24N2O4/c21-17(13-5-9-23-10-6-13)19-15-3-1-2-4-16(15)20-18(22)14-7-11-24-12-8-14/h1-4,13-14H,5-12H2,(H,19,21)(H,20,22). The molecule has 0 spiro atoms. The zero-order valence-electron chi connectivity index (χ0n) is 13.8. The van der Waals surface area contributed by atoms with Gasteiger partial charge in [-0.05, 0) is 37.8 Å². The molecule has 130 valence electrons. The van der Waals surface area contributed by atoms with Crippen molar-refractivity contribution in [2.75, 3.05) is 37.1 Å². The molecule has 2 amide bonds. The summed E-state index contributed by atoms with van der Waals surface area (Å²) in [6.45, 7) is 2.50. The van der Waals surface area contributed by atoms with Gasteiger partial charge < -0.3 is 20.1 Å². The number of nitrogens with one attached hydrogen (secondary N) is 2. The Bertz CT molecular complexity index is 527. The van der Waals surface area contributed by atoms with Gasteiger partial charge >= 0.3 is 0 Å². The Hall–Kier alpha value is -1.92. The van der Waals surface area contributed by atoms with Gasteiger partial charge in [0.25, 0.3) is 0 Å². The quantitative estimate of drug-likeness (QED) is 0.888. The molecule has 2 fully saturated rings. The molecule has 1 aromatic carbocycles. The lowest BCUT2D eigenvalue weighted by atomic mass is 9.99. The summed E-state index contributed by atoms with van der Waals surface area (Å²) in [6.07, 6.45) is 2.95. The Balaban J connectivity index is 1.63. The number of anilines is 2. The maximum absolute atomic E-state index is 12.4. The molecule has 0 saturated carbocycles. The number of para-hydroxylation sites is 2. The van der Waals surface area contributed by atoms with Crippen molar-refractivity contribution in [3.8, 4) is 0 Å². The van der Waals surface area contributed by atoms with E-state index in [1.165, 1.54) is 0 Å². The summed E-state index contributed by atoms with van der Waals surface area (Å²) in [5.74, 6) is -0.0758. The van der Waals surface area contributed by atoms with Crippen LogP contribution in [0, 0.1) is 11.8 Å². The Labute approximate surface area is 141 Å². The van der Waals surface area contributed by atoms with Crippen LogP contribution in [0.4, 0.5) is 11.4 Å². The van der Waals surface area contributed by atoms with Crippen LogP contribution in [0.3, 0.4) is 0 Å². The molecule has 0 aromatic heterocycles. The third-order valence-electron chi connectivity index (χ3n) is 4.63. The molecule has 3 rings (SSSR count). The van der Waals surface area contributed by atoms with Crippen molar-refractivity contribution in [1.82, 2.24) is 0 Å². The van der Waals surface area contributed by atoms with Crippen molar-refractivity contribution < 1.29 is 19.1 Å². The van der Waals surface area contributed by atoms with Gasteiger partial charge in [0.2, 0.25) is 11.8 Å². The molecule has 2 N–H and O–H groups in total. The van der Waals surface area contributed by atoms with E-state index in [-0.39, 0.29) is 23.7 Å². The maximum Gasteiger partial charge on any atom is 0.227 e. The van der Waals surface area contributed by atoms with Crippen LogP contribution in [0.5, 0.6) is 0 Å². The lowest BCUT2D eigenvalue weighted by molar-refractivity contribution is -0.123. The molecule has 0 atom stereocenters. The molecular weight excluding hydrogens is 308 g/mol. The van der Waals surface area contributed by atoms with E-state index in [1.54, 1.807) is 0 Å². The second kappa shape index (κ2) is 8.26. The molecule has 6 heteroatoms. The first-order valence-corrected chi connectivity index (χ1v) is 8.60. The molecule has 2 saturated heterocycles. The normalized spacial score (nSPS) is 19.7. The first-order valence-electron chi connectivity index (χ1n) is 8.60. The number of benzene rings is 1. The molecule has 2 aliphatic rings. The Kier molecular flexibility index (Phi) is 5.82. The topological polar surface area (TPSA) is 76.7 Å². The molecule has 1 aromatic rings. The Morgan fingerprint density at radius 1 is 0.750 bits per heavy atom. The fourth-order valence-electron chi connectivity index (χ4n) is 3.09. The number of hydrogen-bond donors (Lipinski definition) is 2. The first-order chi connectivity index (χ1) is 11.7. The summed E-state index contributed by atoms with van der Waals surface area (Å²) in [6, 6.07) is 7.33. The van der Waals surface area contributed by atoms with Crippen molar-refractivity contribution in [1.29, 1.82) is 0 Å². The van der Waals surface area contributed by atoms with Crippen molar-refractivity contribution >= 4 is 23.2 Å². The third kappa shape index (κ3) is 4.33. The predicted molar refractivity (Wildman–Crippen MR) is 90.8 cm³/mol. The average molecular weight is 332 g/mol. The Morgan fingerprint density at radius 3 is 1.50 bits per heavy atom. The van der Waals surface area contributed by atoms with Crippen molar-refractivity contribution in [2.45, 2.75) is 25.7 Å². The summed E-state index contributed by atoms with van der Waals surface area (Å²) in [5, 5.41) is 5.91. The minimum Gasteiger partial charge on any atom is -0.381 e. The molecule has 2 heterocycles. The third-order valence-corrected chi connectivity index (χ3v) is 4.63. The number of amides is 2. The fraction of sp³-hybridized carbons (Fsp3) is 0.556. The van der Waals surface area contributed by atoms with Gasteiger partial charge in [0.15, 0.2) is 0 Å². The molecule has 0 bridgehead atoms. The highest BCUT2D eigenvalue weighted by Crippen LogP contribution is 2.25. The van der Waals surface area contributed by atoms with Gasteiger partial charge in [0.1, 0.15) is 0 Å². The summed E-state index contributed by atoms with van der Waals surface area (Å²) in [4.78, 5) is 24.8. The van der Waals surface area contributed by atoms with Crippen LogP contribution in [0.25, 0.3) is 0 Å². The molecule has 0 aliphatic carbocycles. The second-order valence-electron chi connectivity index (χ2n) is 6.30. The van der Waals surface area contributed by atoms with Gasteiger partial charge in [-0.25, -0.2) is 0 Å². The smallest absolute Gasteiger partial charge is 0.227 e. The number of hydrogen-bond acceptors (Lipinski definition) is 4. The molecular formula is C18H24N2O4. The van der Waals surface area contributed by atoms with Crippen LogP contribution in [-0.4, -0.2) is 38.2 Å². The highest BCUT2D eigenvalue weighted by atomic mass is 16.5. The summed E-state index contributed by atoms with van der Waals surface area (Å²) in [5.41, 5.74) is 1.30. The molecule has 24 heavy (non-hydrogen) atoms. The molecule has 0 unspecified atom stereocenters. The van der Waals surface area contributed by atoms with Gasteiger partial charge in [-0.2, -0.15) is 0 Å². The van der Waals surface area contributed by atoms with Gasteiger partial charge in [0, 0.05) is 38.3 Å². The minimum absolute atomic E-state index is 0.00827. The molecule has 2 aliphatic heterocycles. The number of carbonyl (C=O) groups is 2. The summed E-state index contributed by atoms with van der Waals surface area (Å²) in [7, 11) is 0. The molecule has 0 radical (unpaired) electrons. The zero-order chi connectivity index (χ0) is 16.8. The van der Waals surface area contributed by atoms with Crippen LogP contribution in [-0.2, 0) is 19.1 Å². The highest BCUT2D eigenvalue weighted by Gasteiger charge is 2.24. The Morgan fingerprint density at radius 2 is 1.12 bits per heavy atom. The van der Waals surface area contributed by atoms with E-state index in [4.69, 9.17) is 9.47 Å². The minimum atomic E-state index is -0.0296. The van der Waals surface area contributed by atoms with E-state index in [0.717, 1.165) is 25.7 Å². The predicted octanol–water partition coefficient (Wildman–Crippen LogP) is 2.42. The van der Waals surface area contributed by atoms with Crippen LogP contribution < -0.4 is 10.6 Å². The van der Waals surface area contributed by atoms with Crippen LogP contribution in [0.15, 0.2) is 24.3 Å². The van der Waals surface area contributed by atoms with Gasteiger partial charge in [-0.3, -0.25) is 9.59 Å². The van der Waals surface area contributed by atoms with Crippen LogP contribution in [0.1, 0.15) is 25.7 Å². The number of carbonyl (C=O) groups excluding carboxylic acids is 2. The summed E-state index contributed by atoms with van der Waals surface area (Å²) < 4.78 is 10.6. The van der Waals surface area contributed by atoms with E-state index in [9.17, 15) is 9.59 Å². The number of rotatable bonds is 4. The SMILES string of the molecule is O=C(Nc1ccccc1NC(=O)C1CCOCC1)C1CCOCC1. The maximum atomic E-state index is 12.4. The van der Waals surface area contributed by atoms with Crippen molar-refractivity contribution in [2.24, 2.45) is 11.8 Å². The monoisotopic (exact) mass is 332 g/mol. The summed E-state index contributed by atoms with van der Waals surface area (Å²) >= 11 is 0. The molecule has 6 nitrogen and oxygen atoms in total. The second-order valence-corrected chi connectivity index (χ2v) is 6.30. The average Bonchev–Trinajstić information content (AvgIpc) is 2.64. The van der Waals surface area contributed by atoms with Crippen molar-refractivity contribution in [3.05, 3.63) is 24.3 Å². The zero-order valence-corrected chi connectivity index (χ0v) is 13.8. The van der Waals surface area contributed by atoms with E-state index in [2.05, 4.69) is 10.6 Å². The highest BCUT2D eigenvalue weighted by molar-refractivity contribution is 6.00. The van der Waals surface area contributed by atoms with Crippen LogP contribution >= 0.6 is 0 Å². The lowest BCUT2D eigenvalue weighted by Gasteiger charge is -2.23. The first kappa shape index (κ1) is 16.9. The van der Waals surface area contributed by atoms with E-state index < -0.39 is 0 Å². The van der Waals surface area contributed by atoms with Gasteiger partial charge in [0.05, 0.1) is 11.4 Å². The van der Waals surface area contributed by atoms with E-state index >= 15 is 0 Å². The lowest BCUT2D eigenvalue weighted by Crippen LogP contribution is -2.30. The van der Waals surface area contributed by atoms with E-state index in [0.29, 0.717) is 37.8 Å². The van der Waals surface area contributed by atoms with Crippen molar-refractivity contribution in [3.63, 3.8) is 0 Å². The van der Waals surface area contributed by atoms with Gasteiger partial charge in [-0.1, -0.05) is 12.1 Å². The largest absolute Gasteiger partial charge is 0.381 e. The van der Waals surface area contributed by atoms with Crippen LogP contribution in [0.2, 0.25) is 0 Å². The number of ether oxygens (including phenoxy) is 2.